The van der Waals surface area contributed by atoms with Crippen LogP contribution in [-0.4, -0.2) is 0 Å². The van der Waals surface area contributed by atoms with Crippen LogP contribution in [-0.2, 0) is 0 Å². The van der Waals surface area contributed by atoms with E-state index in [0.717, 1.165) is 17.5 Å². The summed E-state index contributed by atoms with van der Waals surface area (Å²) in [6.07, 6.45) is 3.20. The topological polar surface area (TPSA) is 35.2 Å². The van der Waals surface area contributed by atoms with Gasteiger partial charge in [0.15, 0.2) is 0 Å². The number of ether oxygens (including phenoxy) is 1. The average Bonchev–Trinajstić information content (AvgIpc) is 3.31. The molecule has 1 fully saturated rings. The van der Waals surface area contributed by atoms with E-state index in [9.17, 15) is 4.39 Å². The maximum Gasteiger partial charge on any atom is 0.127 e. The van der Waals surface area contributed by atoms with Crippen molar-refractivity contribution in [3.8, 4) is 5.75 Å². The molecule has 21 heavy (non-hydrogen) atoms. The van der Waals surface area contributed by atoms with Crippen LogP contribution in [0.15, 0.2) is 42.5 Å². The monoisotopic (exact) mass is 283 g/mol. The zero-order valence-electron chi connectivity index (χ0n) is 11.8. The molecular weight excluding hydrogens is 265 g/mol. The van der Waals surface area contributed by atoms with Gasteiger partial charge in [0, 0.05) is 24.1 Å². The molecule has 0 radical (unpaired) electrons. The van der Waals surface area contributed by atoms with E-state index in [1.807, 2.05) is 0 Å². The van der Waals surface area contributed by atoms with E-state index in [4.69, 9.17) is 10.5 Å². The molecule has 2 aliphatic rings. The molecule has 4 rings (SSSR count). The summed E-state index contributed by atoms with van der Waals surface area (Å²) >= 11 is 0. The van der Waals surface area contributed by atoms with Crippen molar-refractivity contribution >= 4 is 0 Å². The van der Waals surface area contributed by atoms with Crippen molar-refractivity contribution in [3.05, 3.63) is 65.0 Å². The number of rotatable bonds is 2. The largest absolute Gasteiger partial charge is 0.485 e. The fourth-order valence-corrected chi connectivity index (χ4v) is 3.11. The molecule has 0 bridgehead atoms. The van der Waals surface area contributed by atoms with Crippen molar-refractivity contribution in [2.75, 3.05) is 0 Å². The van der Waals surface area contributed by atoms with Crippen LogP contribution in [0, 0.1) is 5.82 Å². The third-order valence-corrected chi connectivity index (χ3v) is 4.44. The summed E-state index contributed by atoms with van der Waals surface area (Å²) in [7, 11) is 0. The predicted molar refractivity (Wildman–Crippen MR) is 79.7 cm³/mol. The van der Waals surface area contributed by atoms with Crippen LogP contribution in [0.3, 0.4) is 0 Å². The fraction of sp³-hybridized carbons (Fsp3) is 0.333. The molecule has 2 aromatic rings. The summed E-state index contributed by atoms with van der Waals surface area (Å²) in [5, 5.41) is 0. The lowest BCUT2D eigenvalue weighted by Crippen LogP contribution is -2.24. The van der Waals surface area contributed by atoms with Crippen LogP contribution in [0.2, 0.25) is 0 Å². The summed E-state index contributed by atoms with van der Waals surface area (Å²) in [5.41, 5.74) is 9.65. The molecule has 2 atom stereocenters. The third kappa shape index (κ3) is 2.42. The molecule has 1 aliphatic carbocycles. The lowest BCUT2D eigenvalue weighted by molar-refractivity contribution is 0.160. The molecule has 108 valence electrons. The molecule has 3 heteroatoms. The van der Waals surface area contributed by atoms with Gasteiger partial charge in [-0.2, -0.15) is 0 Å². The SMILES string of the molecule is N[C@H]1CC(c2cccc(C3CC3)c2)Oc2cc(F)ccc21. The minimum absolute atomic E-state index is 0.0898. The molecule has 1 heterocycles. The minimum Gasteiger partial charge on any atom is -0.485 e. The van der Waals surface area contributed by atoms with Gasteiger partial charge >= 0.3 is 0 Å². The van der Waals surface area contributed by atoms with Gasteiger partial charge < -0.3 is 10.5 Å². The fourth-order valence-electron chi connectivity index (χ4n) is 3.11. The minimum atomic E-state index is -0.284. The number of nitrogens with two attached hydrogens (primary N) is 1. The number of benzene rings is 2. The van der Waals surface area contributed by atoms with Gasteiger partial charge in [0.1, 0.15) is 17.7 Å². The van der Waals surface area contributed by atoms with Crippen LogP contribution in [0.5, 0.6) is 5.75 Å². The number of hydrogen-bond acceptors (Lipinski definition) is 2. The molecule has 0 aromatic heterocycles. The molecule has 1 unspecified atom stereocenters. The molecule has 0 spiro atoms. The van der Waals surface area contributed by atoms with Gasteiger partial charge in [-0.1, -0.05) is 30.3 Å². The molecule has 2 aromatic carbocycles. The summed E-state index contributed by atoms with van der Waals surface area (Å²) in [6, 6.07) is 13.1. The van der Waals surface area contributed by atoms with E-state index >= 15 is 0 Å². The highest BCUT2D eigenvalue weighted by Gasteiger charge is 2.29. The number of hydrogen-bond donors (Lipinski definition) is 1. The van der Waals surface area contributed by atoms with Crippen LogP contribution in [0.25, 0.3) is 0 Å². The van der Waals surface area contributed by atoms with Crippen molar-refractivity contribution in [3.63, 3.8) is 0 Å². The Labute approximate surface area is 123 Å². The van der Waals surface area contributed by atoms with Crippen molar-refractivity contribution < 1.29 is 9.13 Å². The van der Waals surface area contributed by atoms with Gasteiger partial charge in [-0.3, -0.25) is 0 Å². The maximum atomic E-state index is 13.4. The Morgan fingerprint density at radius 1 is 1.05 bits per heavy atom. The Hall–Kier alpha value is -1.87. The Morgan fingerprint density at radius 3 is 2.67 bits per heavy atom. The molecule has 0 saturated heterocycles. The summed E-state index contributed by atoms with van der Waals surface area (Å²) < 4.78 is 19.4. The second-order valence-corrected chi connectivity index (χ2v) is 6.08. The highest BCUT2D eigenvalue weighted by molar-refractivity contribution is 5.40. The highest BCUT2D eigenvalue weighted by Crippen LogP contribution is 2.43. The van der Waals surface area contributed by atoms with Gasteiger partial charge in [0.2, 0.25) is 0 Å². The van der Waals surface area contributed by atoms with Crippen molar-refractivity contribution in [2.24, 2.45) is 5.73 Å². The van der Waals surface area contributed by atoms with Crippen LogP contribution >= 0.6 is 0 Å². The molecule has 1 saturated carbocycles. The van der Waals surface area contributed by atoms with E-state index < -0.39 is 0 Å². The first kappa shape index (κ1) is 12.8. The zero-order valence-corrected chi connectivity index (χ0v) is 11.8. The second-order valence-electron chi connectivity index (χ2n) is 6.08. The van der Waals surface area contributed by atoms with Crippen molar-refractivity contribution in [1.29, 1.82) is 0 Å². The van der Waals surface area contributed by atoms with Gasteiger partial charge in [0.05, 0.1) is 0 Å². The summed E-state index contributed by atoms with van der Waals surface area (Å²) in [4.78, 5) is 0. The zero-order chi connectivity index (χ0) is 14.4. The van der Waals surface area contributed by atoms with Gasteiger partial charge in [-0.15, -0.1) is 0 Å². The summed E-state index contributed by atoms with van der Waals surface area (Å²) in [5.74, 6) is 1.01. The smallest absolute Gasteiger partial charge is 0.127 e. The summed E-state index contributed by atoms with van der Waals surface area (Å²) in [6.45, 7) is 0. The van der Waals surface area contributed by atoms with E-state index in [1.165, 1.54) is 30.5 Å². The van der Waals surface area contributed by atoms with E-state index in [1.54, 1.807) is 6.07 Å². The Bertz CT molecular complexity index is 681. The average molecular weight is 283 g/mol. The maximum absolute atomic E-state index is 13.4. The van der Waals surface area contributed by atoms with Gasteiger partial charge in [-0.25, -0.2) is 4.39 Å². The van der Waals surface area contributed by atoms with E-state index in [0.29, 0.717) is 11.7 Å². The van der Waals surface area contributed by atoms with Gasteiger partial charge in [0.25, 0.3) is 0 Å². The van der Waals surface area contributed by atoms with Crippen LogP contribution in [0.4, 0.5) is 4.39 Å². The first-order valence-electron chi connectivity index (χ1n) is 7.52. The second kappa shape index (κ2) is 4.85. The number of fused-ring (bicyclic) bond motifs is 1. The molecule has 2 nitrogen and oxygen atoms in total. The Morgan fingerprint density at radius 2 is 1.86 bits per heavy atom. The quantitative estimate of drug-likeness (QED) is 0.895. The Kier molecular flexibility index (Phi) is 2.96. The molecule has 0 amide bonds. The molecule has 2 N–H and O–H groups in total. The first-order chi connectivity index (χ1) is 10.2. The van der Waals surface area contributed by atoms with Crippen LogP contribution in [0.1, 0.15) is 54.0 Å². The predicted octanol–water partition coefficient (Wildman–Crippen LogP) is 4.23. The first-order valence-corrected chi connectivity index (χ1v) is 7.52. The molecular formula is C18H18FNO. The lowest BCUT2D eigenvalue weighted by Gasteiger charge is -2.30. The normalized spacial score (nSPS) is 24.3. The van der Waals surface area contributed by atoms with Gasteiger partial charge in [-0.05, 0) is 36.0 Å². The van der Waals surface area contributed by atoms with Crippen molar-refractivity contribution in [1.82, 2.24) is 0 Å². The molecule has 1 aliphatic heterocycles. The van der Waals surface area contributed by atoms with Crippen molar-refractivity contribution in [2.45, 2.75) is 37.3 Å². The number of halogens is 1. The van der Waals surface area contributed by atoms with E-state index in [2.05, 4.69) is 24.3 Å². The lowest BCUT2D eigenvalue weighted by atomic mass is 9.92. The third-order valence-electron chi connectivity index (χ3n) is 4.44. The van der Waals surface area contributed by atoms with Crippen LogP contribution < -0.4 is 10.5 Å². The Balaban J connectivity index is 1.66. The highest BCUT2D eigenvalue weighted by atomic mass is 19.1. The van der Waals surface area contributed by atoms with E-state index in [-0.39, 0.29) is 18.0 Å². The standard InChI is InChI=1S/C18H18FNO/c19-14-6-7-15-16(20)10-17(21-18(15)9-14)13-3-1-2-12(8-13)11-4-5-11/h1-3,6-9,11,16-17H,4-5,10,20H2/t16-,17?/m0/s1.